The molecule has 0 spiro atoms. The second kappa shape index (κ2) is 6.41. The fraction of sp³-hybridized carbons (Fsp3) is 0.118. The third-order valence-corrected chi connectivity index (χ3v) is 3.34. The lowest BCUT2D eigenvalue weighted by Gasteiger charge is -2.15. The van der Waals surface area contributed by atoms with Gasteiger partial charge in [-0.05, 0) is 31.2 Å². The number of benzene rings is 1. The normalized spacial score (nSPS) is 13.1. The number of carbonyl (C=O) groups excluding carboxylic acids is 3. The zero-order valence-corrected chi connectivity index (χ0v) is 12.8. The predicted molar refractivity (Wildman–Crippen MR) is 84.8 cm³/mol. The van der Waals surface area contributed by atoms with E-state index in [1.54, 1.807) is 31.2 Å². The first-order chi connectivity index (χ1) is 11.6. The third kappa shape index (κ3) is 2.91. The molecule has 1 heterocycles. The van der Waals surface area contributed by atoms with Crippen LogP contribution in [0.4, 0.5) is 5.69 Å². The Hall–Kier alpha value is -3.35. The number of carbonyl (C=O) groups is 3. The van der Waals surface area contributed by atoms with Gasteiger partial charge in [0.05, 0.1) is 17.9 Å². The topological polar surface area (TPSA) is 98.2 Å². The van der Waals surface area contributed by atoms with E-state index in [1.165, 1.54) is 18.5 Å². The maximum atomic E-state index is 12.4. The molecule has 3 rings (SSSR count). The van der Waals surface area contributed by atoms with E-state index in [0.717, 1.165) is 0 Å². The number of rotatable bonds is 4. The molecule has 1 aromatic heterocycles. The second-order valence-electron chi connectivity index (χ2n) is 4.93. The van der Waals surface area contributed by atoms with Gasteiger partial charge in [0.25, 0.3) is 0 Å². The first-order valence-corrected chi connectivity index (χ1v) is 7.26. The van der Waals surface area contributed by atoms with Crippen molar-refractivity contribution >= 4 is 23.2 Å². The van der Waals surface area contributed by atoms with Crippen molar-refractivity contribution < 1.29 is 19.1 Å². The van der Waals surface area contributed by atoms with Crippen molar-refractivity contribution in [2.75, 3.05) is 11.9 Å². The van der Waals surface area contributed by atoms with Gasteiger partial charge in [-0.25, -0.2) is 14.8 Å². The summed E-state index contributed by atoms with van der Waals surface area (Å²) in [5.41, 5.74) is 1.14. The highest BCUT2D eigenvalue weighted by Crippen LogP contribution is 2.20. The first-order valence-electron chi connectivity index (χ1n) is 7.26. The van der Waals surface area contributed by atoms with E-state index < -0.39 is 11.8 Å². The molecule has 1 N–H and O–H groups in total. The molecule has 120 valence electrons. The summed E-state index contributed by atoms with van der Waals surface area (Å²) >= 11 is 0. The lowest BCUT2D eigenvalue weighted by atomic mass is 10.0. The number of aromatic nitrogens is 2. The zero-order valence-electron chi connectivity index (χ0n) is 12.8. The molecule has 0 aliphatic heterocycles. The van der Waals surface area contributed by atoms with Crippen LogP contribution in [0.25, 0.3) is 0 Å². The van der Waals surface area contributed by atoms with Gasteiger partial charge in [0.15, 0.2) is 0 Å². The number of Topliss-reactive ketones (excluding diaryl/α,β-unsaturated/α-hetero) is 1. The van der Waals surface area contributed by atoms with Crippen LogP contribution in [-0.2, 0) is 4.74 Å². The van der Waals surface area contributed by atoms with Crippen molar-refractivity contribution in [3.63, 3.8) is 0 Å². The standard InChI is InChI=1S/C17H13N3O4/c1-2-24-17(23)10-3-5-11(6-4-10)20-12-9-13(21)14-15(16(12)22)19-8-7-18-14/h3-9,20H,2H2,1H3. The minimum absolute atomic E-state index is 0.0237. The molecule has 1 aliphatic carbocycles. The van der Waals surface area contributed by atoms with Gasteiger partial charge in [-0.2, -0.15) is 0 Å². The van der Waals surface area contributed by atoms with Crippen molar-refractivity contribution in [1.82, 2.24) is 9.97 Å². The fourth-order valence-electron chi connectivity index (χ4n) is 2.23. The number of nitrogens with zero attached hydrogens (tertiary/aromatic N) is 2. The quantitative estimate of drug-likeness (QED) is 0.859. The molecule has 7 nitrogen and oxygen atoms in total. The molecular weight excluding hydrogens is 310 g/mol. The smallest absolute Gasteiger partial charge is 0.338 e. The molecule has 0 unspecified atom stereocenters. The van der Waals surface area contributed by atoms with Gasteiger partial charge in [0.2, 0.25) is 11.6 Å². The van der Waals surface area contributed by atoms with Crippen molar-refractivity contribution in [2.45, 2.75) is 6.92 Å². The van der Waals surface area contributed by atoms with Crippen LogP contribution in [0.2, 0.25) is 0 Å². The Morgan fingerprint density at radius 1 is 1.08 bits per heavy atom. The van der Waals surface area contributed by atoms with E-state index in [9.17, 15) is 14.4 Å². The summed E-state index contributed by atoms with van der Waals surface area (Å²) in [5.74, 6) is -1.22. The maximum Gasteiger partial charge on any atom is 0.338 e. The Kier molecular flexibility index (Phi) is 4.15. The van der Waals surface area contributed by atoms with Crippen LogP contribution in [0.3, 0.4) is 0 Å². The molecule has 0 atom stereocenters. The predicted octanol–water partition coefficient (Wildman–Crippen LogP) is 2.03. The minimum atomic E-state index is -0.420. The average molecular weight is 323 g/mol. The van der Waals surface area contributed by atoms with Gasteiger partial charge in [-0.3, -0.25) is 9.59 Å². The summed E-state index contributed by atoms with van der Waals surface area (Å²) in [6, 6.07) is 6.39. The molecule has 1 aromatic carbocycles. The monoisotopic (exact) mass is 323 g/mol. The van der Waals surface area contributed by atoms with Gasteiger partial charge in [-0.15, -0.1) is 0 Å². The summed E-state index contributed by atoms with van der Waals surface area (Å²) in [4.78, 5) is 43.8. The Morgan fingerprint density at radius 2 is 1.75 bits per heavy atom. The average Bonchev–Trinajstić information content (AvgIpc) is 2.60. The van der Waals surface area contributed by atoms with Crippen LogP contribution in [0.5, 0.6) is 0 Å². The molecule has 1 aliphatic rings. The number of nitrogens with one attached hydrogen (secondary N) is 1. The summed E-state index contributed by atoms with van der Waals surface area (Å²) in [7, 11) is 0. The van der Waals surface area contributed by atoms with Gasteiger partial charge >= 0.3 is 5.97 Å². The number of ether oxygens (including phenoxy) is 1. The van der Waals surface area contributed by atoms with Crippen molar-refractivity contribution in [2.24, 2.45) is 0 Å². The first kappa shape index (κ1) is 15.5. The second-order valence-corrected chi connectivity index (χ2v) is 4.93. The molecular formula is C17H13N3O4. The molecule has 0 bridgehead atoms. The highest BCUT2D eigenvalue weighted by molar-refractivity contribution is 6.23. The number of anilines is 1. The van der Waals surface area contributed by atoms with Crippen LogP contribution < -0.4 is 5.32 Å². The van der Waals surface area contributed by atoms with Crippen molar-refractivity contribution in [3.05, 3.63) is 65.4 Å². The molecule has 0 saturated carbocycles. The van der Waals surface area contributed by atoms with Crippen LogP contribution in [0.1, 0.15) is 38.3 Å². The Balaban J connectivity index is 1.81. The number of fused-ring (bicyclic) bond motifs is 1. The van der Waals surface area contributed by atoms with Gasteiger partial charge in [-0.1, -0.05) is 0 Å². The molecule has 7 heteroatoms. The highest BCUT2D eigenvalue weighted by Gasteiger charge is 2.28. The van der Waals surface area contributed by atoms with E-state index in [2.05, 4.69) is 15.3 Å². The van der Waals surface area contributed by atoms with Gasteiger partial charge in [0.1, 0.15) is 11.4 Å². The van der Waals surface area contributed by atoms with Crippen molar-refractivity contribution in [3.8, 4) is 0 Å². The maximum absolute atomic E-state index is 12.4. The van der Waals surface area contributed by atoms with E-state index in [0.29, 0.717) is 17.9 Å². The lowest BCUT2D eigenvalue weighted by molar-refractivity contribution is 0.0526. The molecule has 0 fully saturated rings. The van der Waals surface area contributed by atoms with Crippen LogP contribution in [-0.4, -0.2) is 34.1 Å². The third-order valence-electron chi connectivity index (χ3n) is 3.34. The summed E-state index contributed by atoms with van der Waals surface area (Å²) in [6.45, 7) is 2.02. The Labute approximate surface area is 137 Å². The Bertz CT molecular complexity index is 856. The molecule has 0 saturated heterocycles. The van der Waals surface area contributed by atoms with Crippen LogP contribution >= 0.6 is 0 Å². The van der Waals surface area contributed by atoms with Crippen molar-refractivity contribution in [1.29, 1.82) is 0 Å². The minimum Gasteiger partial charge on any atom is -0.462 e. The van der Waals surface area contributed by atoms with E-state index in [1.807, 2.05) is 0 Å². The SMILES string of the molecule is CCOC(=O)c1ccc(NC2=CC(=O)c3nccnc3C2=O)cc1. The molecule has 0 amide bonds. The Morgan fingerprint density at radius 3 is 2.42 bits per heavy atom. The van der Waals surface area contributed by atoms with Gasteiger partial charge in [0, 0.05) is 24.2 Å². The van der Waals surface area contributed by atoms with Crippen LogP contribution in [0, 0.1) is 0 Å². The number of esters is 1. The van der Waals surface area contributed by atoms with E-state index >= 15 is 0 Å². The zero-order chi connectivity index (χ0) is 17.1. The summed E-state index contributed by atoms with van der Waals surface area (Å²) in [6.07, 6.45) is 3.92. The number of hydrogen-bond donors (Lipinski definition) is 1. The van der Waals surface area contributed by atoms with Crippen LogP contribution in [0.15, 0.2) is 48.4 Å². The highest BCUT2D eigenvalue weighted by atomic mass is 16.5. The molecule has 24 heavy (non-hydrogen) atoms. The molecule has 2 aromatic rings. The fourth-order valence-corrected chi connectivity index (χ4v) is 2.23. The van der Waals surface area contributed by atoms with E-state index in [4.69, 9.17) is 4.74 Å². The molecule has 0 radical (unpaired) electrons. The summed E-state index contributed by atoms with van der Waals surface area (Å²) < 4.78 is 4.90. The largest absolute Gasteiger partial charge is 0.462 e. The lowest BCUT2D eigenvalue weighted by Crippen LogP contribution is -2.23. The number of hydrogen-bond acceptors (Lipinski definition) is 7. The number of ketones is 2. The van der Waals surface area contributed by atoms with Gasteiger partial charge < -0.3 is 10.1 Å². The summed E-state index contributed by atoms with van der Waals surface area (Å²) in [5, 5.41) is 2.87. The number of allylic oxidation sites excluding steroid dienone is 2. The van der Waals surface area contributed by atoms with E-state index in [-0.39, 0.29) is 22.9 Å².